The molecule has 1 aliphatic rings. The third kappa shape index (κ3) is 1.92. The van der Waals surface area contributed by atoms with E-state index in [1.165, 1.54) is 0 Å². The lowest BCUT2D eigenvalue weighted by molar-refractivity contribution is 0.209. The Morgan fingerprint density at radius 1 is 1.55 bits per heavy atom. The van der Waals surface area contributed by atoms with E-state index in [2.05, 4.69) is 25.7 Å². The van der Waals surface area contributed by atoms with Crippen LogP contribution >= 0.6 is 0 Å². The van der Waals surface area contributed by atoms with E-state index in [1.807, 2.05) is 0 Å². The van der Waals surface area contributed by atoms with Gasteiger partial charge in [0.1, 0.15) is 0 Å². The Morgan fingerprint density at radius 2 is 2.18 bits per heavy atom. The summed E-state index contributed by atoms with van der Waals surface area (Å²) in [4.78, 5) is 2.38. The number of halogens is 1. The minimum atomic E-state index is -0.145. The van der Waals surface area contributed by atoms with Crippen LogP contribution in [0.4, 0.5) is 4.39 Å². The second-order valence-corrected chi connectivity index (χ2v) is 3.90. The fourth-order valence-electron chi connectivity index (χ4n) is 2.00. The second kappa shape index (κ2) is 3.53. The molecule has 1 fully saturated rings. The molecule has 0 N–H and O–H groups in total. The van der Waals surface area contributed by atoms with Gasteiger partial charge < -0.3 is 0 Å². The summed E-state index contributed by atoms with van der Waals surface area (Å²) in [6, 6.07) is 1.15. The number of alkyl halides is 1. The van der Waals surface area contributed by atoms with Gasteiger partial charge in [-0.25, -0.2) is 0 Å². The van der Waals surface area contributed by atoms with E-state index in [0.717, 1.165) is 13.0 Å². The minimum Gasteiger partial charge on any atom is -0.298 e. The number of rotatable bonds is 2. The monoisotopic (exact) mass is 159 g/mol. The van der Waals surface area contributed by atoms with Gasteiger partial charge in [0, 0.05) is 24.5 Å². The van der Waals surface area contributed by atoms with Gasteiger partial charge in [-0.1, -0.05) is 0 Å². The molecule has 0 aromatic rings. The first-order valence-corrected chi connectivity index (χ1v) is 4.46. The molecule has 0 radical (unpaired) electrons. The molecule has 1 saturated heterocycles. The van der Waals surface area contributed by atoms with Gasteiger partial charge in [-0.3, -0.25) is 9.29 Å². The van der Waals surface area contributed by atoms with Gasteiger partial charge in [-0.05, 0) is 27.2 Å². The molecule has 1 aliphatic heterocycles. The van der Waals surface area contributed by atoms with Crippen LogP contribution in [0.25, 0.3) is 0 Å². The first kappa shape index (κ1) is 8.98. The van der Waals surface area contributed by atoms with Crippen molar-refractivity contribution in [1.29, 1.82) is 0 Å². The molecule has 1 heterocycles. The standard InChI is InChI=1S/C9H18FN/c1-7(2)11-6-9(5-10)4-8(11)3/h7-9H,4-6H2,1-3H3/t8-,9-/m1/s1. The quantitative estimate of drug-likeness (QED) is 0.596. The summed E-state index contributed by atoms with van der Waals surface area (Å²) in [6.07, 6.45) is 1.04. The summed E-state index contributed by atoms with van der Waals surface area (Å²) < 4.78 is 12.3. The van der Waals surface area contributed by atoms with Gasteiger partial charge in [0.05, 0.1) is 6.67 Å². The summed E-state index contributed by atoms with van der Waals surface area (Å²) in [5.74, 6) is 0.299. The summed E-state index contributed by atoms with van der Waals surface area (Å²) in [6.45, 7) is 7.35. The number of likely N-dealkylation sites (tertiary alicyclic amines) is 1. The normalized spacial score (nSPS) is 33.5. The van der Waals surface area contributed by atoms with Crippen molar-refractivity contribution in [3.05, 3.63) is 0 Å². The Labute approximate surface area is 68.6 Å². The fourth-order valence-corrected chi connectivity index (χ4v) is 2.00. The van der Waals surface area contributed by atoms with Crippen LogP contribution in [0.5, 0.6) is 0 Å². The predicted octanol–water partition coefficient (Wildman–Crippen LogP) is 2.07. The van der Waals surface area contributed by atoms with Crippen LogP contribution in [0.3, 0.4) is 0 Å². The largest absolute Gasteiger partial charge is 0.298 e. The molecule has 2 atom stereocenters. The fraction of sp³-hybridized carbons (Fsp3) is 1.00. The van der Waals surface area contributed by atoms with Gasteiger partial charge in [0.15, 0.2) is 0 Å². The molecule has 0 bridgehead atoms. The lowest BCUT2D eigenvalue weighted by Gasteiger charge is -2.25. The molecule has 1 rings (SSSR count). The van der Waals surface area contributed by atoms with Crippen molar-refractivity contribution in [2.75, 3.05) is 13.2 Å². The van der Waals surface area contributed by atoms with Gasteiger partial charge in [-0.15, -0.1) is 0 Å². The van der Waals surface area contributed by atoms with E-state index in [-0.39, 0.29) is 6.67 Å². The van der Waals surface area contributed by atoms with E-state index in [0.29, 0.717) is 18.0 Å². The summed E-state index contributed by atoms with van der Waals surface area (Å²) in [5.41, 5.74) is 0. The third-order valence-corrected chi connectivity index (χ3v) is 2.59. The third-order valence-electron chi connectivity index (χ3n) is 2.59. The topological polar surface area (TPSA) is 3.24 Å². The maximum atomic E-state index is 12.3. The average Bonchev–Trinajstić information content (AvgIpc) is 2.30. The molecular formula is C9H18FN. The lowest BCUT2D eigenvalue weighted by atomic mass is 10.1. The number of hydrogen-bond acceptors (Lipinski definition) is 1. The van der Waals surface area contributed by atoms with E-state index in [4.69, 9.17) is 0 Å². The Kier molecular flexibility index (Phi) is 2.88. The first-order chi connectivity index (χ1) is 5.15. The van der Waals surface area contributed by atoms with Crippen LogP contribution < -0.4 is 0 Å². The number of nitrogens with zero attached hydrogens (tertiary/aromatic N) is 1. The van der Waals surface area contributed by atoms with Crippen molar-refractivity contribution in [3.63, 3.8) is 0 Å². The molecule has 2 heteroatoms. The molecule has 0 amide bonds. The molecule has 0 aliphatic carbocycles. The molecule has 1 nitrogen and oxygen atoms in total. The SMILES string of the molecule is CC(C)N1C[C@@H](CF)C[C@H]1C. The molecule has 66 valence electrons. The highest BCUT2D eigenvalue weighted by atomic mass is 19.1. The smallest absolute Gasteiger partial charge is 0.0935 e. The van der Waals surface area contributed by atoms with Crippen LogP contribution in [0.15, 0.2) is 0 Å². The molecule has 0 saturated carbocycles. The van der Waals surface area contributed by atoms with Crippen LogP contribution in [-0.2, 0) is 0 Å². The van der Waals surface area contributed by atoms with E-state index < -0.39 is 0 Å². The maximum Gasteiger partial charge on any atom is 0.0935 e. The zero-order chi connectivity index (χ0) is 8.43. The van der Waals surface area contributed by atoms with E-state index >= 15 is 0 Å². The van der Waals surface area contributed by atoms with Gasteiger partial charge in [0.2, 0.25) is 0 Å². The highest BCUT2D eigenvalue weighted by Crippen LogP contribution is 2.24. The molecular weight excluding hydrogens is 141 g/mol. The van der Waals surface area contributed by atoms with Crippen molar-refractivity contribution in [3.8, 4) is 0 Å². The number of hydrogen-bond donors (Lipinski definition) is 0. The summed E-state index contributed by atoms with van der Waals surface area (Å²) >= 11 is 0. The molecule has 0 aromatic heterocycles. The highest BCUT2D eigenvalue weighted by Gasteiger charge is 2.29. The minimum absolute atomic E-state index is 0.145. The molecule has 0 aromatic carbocycles. The molecule has 11 heavy (non-hydrogen) atoms. The lowest BCUT2D eigenvalue weighted by Crippen LogP contribution is -2.33. The maximum absolute atomic E-state index is 12.3. The Hall–Kier alpha value is -0.110. The van der Waals surface area contributed by atoms with Crippen LogP contribution in [-0.4, -0.2) is 30.2 Å². The average molecular weight is 159 g/mol. The zero-order valence-corrected chi connectivity index (χ0v) is 7.68. The summed E-state index contributed by atoms with van der Waals surface area (Å²) in [7, 11) is 0. The van der Waals surface area contributed by atoms with E-state index in [1.54, 1.807) is 0 Å². The van der Waals surface area contributed by atoms with Crippen molar-refractivity contribution in [1.82, 2.24) is 4.90 Å². The van der Waals surface area contributed by atoms with Crippen LogP contribution in [0.2, 0.25) is 0 Å². The zero-order valence-electron chi connectivity index (χ0n) is 7.68. The van der Waals surface area contributed by atoms with Crippen molar-refractivity contribution >= 4 is 0 Å². The predicted molar refractivity (Wildman–Crippen MR) is 45.4 cm³/mol. The van der Waals surface area contributed by atoms with Crippen LogP contribution in [0.1, 0.15) is 27.2 Å². The highest BCUT2D eigenvalue weighted by molar-refractivity contribution is 4.83. The van der Waals surface area contributed by atoms with Crippen molar-refractivity contribution < 1.29 is 4.39 Å². The Bertz CT molecular complexity index is 125. The van der Waals surface area contributed by atoms with Crippen molar-refractivity contribution in [2.24, 2.45) is 5.92 Å². The van der Waals surface area contributed by atoms with E-state index in [9.17, 15) is 4.39 Å². The summed E-state index contributed by atoms with van der Waals surface area (Å²) in [5, 5.41) is 0. The van der Waals surface area contributed by atoms with Gasteiger partial charge in [0.25, 0.3) is 0 Å². The van der Waals surface area contributed by atoms with Crippen LogP contribution in [0, 0.1) is 5.92 Å². The second-order valence-electron chi connectivity index (χ2n) is 3.90. The van der Waals surface area contributed by atoms with Gasteiger partial charge >= 0.3 is 0 Å². The Morgan fingerprint density at radius 3 is 2.45 bits per heavy atom. The molecule has 0 spiro atoms. The molecule has 0 unspecified atom stereocenters. The van der Waals surface area contributed by atoms with Gasteiger partial charge in [-0.2, -0.15) is 0 Å². The van der Waals surface area contributed by atoms with Crippen molar-refractivity contribution in [2.45, 2.75) is 39.3 Å². The first-order valence-electron chi connectivity index (χ1n) is 4.46. The Balaban J connectivity index is 2.45.